The summed E-state index contributed by atoms with van der Waals surface area (Å²) in [4.78, 5) is 23.8. The first-order valence-corrected chi connectivity index (χ1v) is 10.6. The molecule has 33 heavy (non-hydrogen) atoms. The number of alkyl halides is 3. The molecule has 174 valence electrons. The van der Waals surface area contributed by atoms with Crippen molar-refractivity contribution in [1.82, 2.24) is 4.90 Å². The van der Waals surface area contributed by atoms with E-state index in [2.05, 4.69) is 36.4 Å². The summed E-state index contributed by atoms with van der Waals surface area (Å²) in [6.45, 7) is 2.19. The van der Waals surface area contributed by atoms with Gasteiger partial charge in [-0.3, -0.25) is 4.79 Å². The smallest absolute Gasteiger partial charge is 0.475 e. The summed E-state index contributed by atoms with van der Waals surface area (Å²) in [5, 5.41) is 9.41. The van der Waals surface area contributed by atoms with Crippen molar-refractivity contribution in [3.05, 3.63) is 83.4 Å². The Morgan fingerprint density at radius 2 is 1.58 bits per heavy atom. The predicted octanol–water partition coefficient (Wildman–Crippen LogP) is 4.95. The zero-order valence-electron chi connectivity index (χ0n) is 17.9. The molecule has 1 aliphatic rings. The maximum Gasteiger partial charge on any atom is 0.490 e. The van der Waals surface area contributed by atoms with Crippen molar-refractivity contribution < 1.29 is 27.9 Å². The lowest BCUT2D eigenvalue weighted by molar-refractivity contribution is -0.192. The van der Waals surface area contributed by atoms with Gasteiger partial charge in [0.25, 0.3) is 5.91 Å². The topological polar surface area (TPSA) is 83.6 Å². The molecule has 1 aliphatic heterocycles. The molecule has 4 rings (SSSR count). The number of piperidine rings is 1. The number of aliphatic carboxylic acids is 1. The van der Waals surface area contributed by atoms with Crippen molar-refractivity contribution >= 4 is 22.6 Å². The van der Waals surface area contributed by atoms with E-state index in [-0.39, 0.29) is 5.91 Å². The number of carbonyl (C=O) groups excluding carboxylic acids is 1. The van der Waals surface area contributed by atoms with Gasteiger partial charge in [-0.25, -0.2) is 4.79 Å². The molecule has 0 atom stereocenters. The molecular formula is C25H25F3N2O3. The van der Waals surface area contributed by atoms with Gasteiger partial charge in [-0.05, 0) is 52.8 Å². The van der Waals surface area contributed by atoms with Crippen molar-refractivity contribution in [3.63, 3.8) is 0 Å². The molecule has 0 bridgehead atoms. The average Bonchev–Trinajstić information content (AvgIpc) is 2.83. The summed E-state index contributed by atoms with van der Waals surface area (Å²) >= 11 is 0. The van der Waals surface area contributed by atoms with Gasteiger partial charge in [0.1, 0.15) is 0 Å². The van der Waals surface area contributed by atoms with Crippen LogP contribution in [0.4, 0.5) is 13.2 Å². The number of carboxylic acid groups (broad SMARTS) is 1. The fraction of sp³-hybridized carbons (Fsp3) is 0.280. The van der Waals surface area contributed by atoms with E-state index >= 15 is 0 Å². The van der Waals surface area contributed by atoms with Crippen LogP contribution >= 0.6 is 0 Å². The molecule has 5 nitrogen and oxygen atoms in total. The fourth-order valence-corrected chi connectivity index (χ4v) is 3.89. The lowest BCUT2D eigenvalue weighted by Crippen LogP contribution is -2.37. The van der Waals surface area contributed by atoms with Gasteiger partial charge in [-0.1, -0.05) is 54.6 Å². The summed E-state index contributed by atoms with van der Waals surface area (Å²) in [5.74, 6) is -2.10. The zero-order chi connectivity index (χ0) is 24.0. The van der Waals surface area contributed by atoms with Gasteiger partial charge in [-0.2, -0.15) is 13.2 Å². The minimum absolute atomic E-state index is 0.143. The summed E-state index contributed by atoms with van der Waals surface area (Å²) in [5.41, 5.74) is 9.08. The number of fused-ring (bicyclic) bond motifs is 1. The van der Waals surface area contributed by atoms with Crippen LogP contribution in [-0.2, 0) is 11.3 Å². The Bertz CT molecular complexity index is 1120. The molecule has 8 heteroatoms. The van der Waals surface area contributed by atoms with Crippen LogP contribution in [0, 0.1) is 0 Å². The Morgan fingerprint density at radius 1 is 0.939 bits per heavy atom. The van der Waals surface area contributed by atoms with Gasteiger partial charge >= 0.3 is 12.1 Å². The number of nitrogens with two attached hydrogens (primary N) is 1. The molecule has 1 fully saturated rings. The summed E-state index contributed by atoms with van der Waals surface area (Å²) in [6, 6.07) is 22.7. The van der Waals surface area contributed by atoms with E-state index < -0.39 is 12.1 Å². The van der Waals surface area contributed by atoms with Gasteiger partial charge in [-0.15, -0.1) is 0 Å². The molecule has 0 aliphatic carbocycles. The number of benzene rings is 3. The highest BCUT2D eigenvalue weighted by atomic mass is 19.4. The van der Waals surface area contributed by atoms with E-state index in [9.17, 15) is 18.0 Å². The molecule has 1 amide bonds. The van der Waals surface area contributed by atoms with Crippen LogP contribution in [0.1, 0.15) is 40.2 Å². The van der Waals surface area contributed by atoms with E-state index in [0.29, 0.717) is 12.5 Å². The molecule has 0 aromatic heterocycles. The third-order valence-corrected chi connectivity index (χ3v) is 5.68. The van der Waals surface area contributed by atoms with E-state index in [0.717, 1.165) is 36.9 Å². The van der Waals surface area contributed by atoms with E-state index in [1.54, 1.807) is 0 Å². The van der Waals surface area contributed by atoms with Gasteiger partial charge < -0.3 is 15.7 Å². The second-order valence-corrected chi connectivity index (χ2v) is 7.88. The maximum absolute atomic E-state index is 12.9. The highest BCUT2D eigenvalue weighted by Crippen LogP contribution is 2.29. The molecule has 0 spiro atoms. The number of nitrogens with zero attached hydrogens (tertiary/aromatic N) is 1. The van der Waals surface area contributed by atoms with Crippen molar-refractivity contribution in [1.29, 1.82) is 0 Å². The SMILES string of the molecule is NCc1cccc(C2CCN(C(=O)c3ccc4ccccc4c3)CC2)c1.O=C(O)C(F)(F)F. The monoisotopic (exact) mass is 458 g/mol. The molecule has 3 aromatic carbocycles. The zero-order valence-corrected chi connectivity index (χ0v) is 17.9. The summed E-state index contributed by atoms with van der Waals surface area (Å²) in [7, 11) is 0. The van der Waals surface area contributed by atoms with E-state index in [1.165, 1.54) is 16.5 Å². The Kier molecular flexibility index (Phi) is 7.71. The molecule has 1 heterocycles. The Balaban J connectivity index is 0.000000383. The molecule has 0 saturated carbocycles. The third kappa shape index (κ3) is 6.32. The van der Waals surface area contributed by atoms with Crippen LogP contribution < -0.4 is 5.73 Å². The number of hydrogen-bond donors (Lipinski definition) is 2. The maximum atomic E-state index is 12.9. The second kappa shape index (κ2) is 10.5. The molecule has 3 aromatic rings. The van der Waals surface area contributed by atoms with Crippen molar-refractivity contribution in [3.8, 4) is 0 Å². The van der Waals surface area contributed by atoms with Crippen molar-refractivity contribution in [2.75, 3.05) is 13.1 Å². The quantitative estimate of drug-likeness (QED) is 0.582. The largest absolute Gasteiger partial charge is 0.490 e. The standard InChI is InChI=1S/C23H24N2O.C2HF3O2/c24-16-17-4-3-7-20(14-17)19-10-12-25(13-11-19)23(26)22-9-8-18-5-1-2-6-21(18)15-22;3-2(4,5)1(6)7/h1-9,14-15,19H,10-13,16,24H2;(H,6,7). The van der Waals surface area contributed by atoms with Crippen LogP contribution in [0.3, 0.4) is 0 Å². The third-order valence-electron chi connectivity index (χ3n) is 5.68. The first-order valence-electron chi connectivity index (χ1n) is 10.6. The average molecular weight is 458 g/mol. The lowest BCUT2D eigenvalue weighted by Gasteiger charge is -2.32. The lowest BCUT2D eigenvalue weighted by atomic mass is 9.88. The number of amides is 1. The number of rotatable bonds is 3. The molecular weight excluding hydrogens is 433 g/mol. The normalized spacial score (nSPS) is 14.5. The van der Waals surface area contributed by atoms with Crippen LogP contribution in [0.2, 0.25) is 0 Å². The highest BCUT2D eigenvalue weighted by molar-refractivity contribution is 5.98. The van der Waals surface area contributed by atoms with E-state index in [1.807, 2.05) is 35.2 Å². The number of halogens is 3. The van der Waals surface area contributed by atoms with Crippen molar-refractivity contribution in [2.24, 2.45) is 5.73 Å². The van der Waals surface area contributed by atoms with Gasteiger partial charge in [0.2, 0.25) is 0 Å². The Hall–Kier alpha value is -3.39. The van der Waals surface area contributed by atoms with Gasteiger partial charge in [0.05, 0.1) is 0 Å². The second-order valence-electron chi connectivity index (χ2n) is 7.88. The molecule has 3 N–H and O–H groups in total. The van der Waals surface area contributed by atoms with Gasteiger partial charge in [0, 0.05) is 25.2 Å². The first kappa shape index (κ1) is 24.3. The molecule has 0 unspecified atom stereocenters. The molecule has 1 saturated heterocycles. The predicted molar refractivity (Wildman–Crippen MR) is 120 cm³/mol. The minimum Gasteiger partial charge on any atom is -0.475 e. The minimum atomic E-state index is -5.08. The van der Waals surface area contributed by atoms with Crippen LogP contribution in [0.25, 0.3) is 10.8 Å². The van der Waals surface area contributed by atoms with Crippen LogP contribution in [0.15, 0.2) is 66.7 Å². The number of carbonyl (C=O) groups is 2. The number of carboxylic acids is 1. The van der Waals surface area contributed by atoms with Crippen LogP contribution in [-0.4, -0.2) is 41.1 Å². The highest BCUT2D eigenvalue weighted by Gasteiger charge is 2.38. The number of hydrogen-bond acceptors (Lipinski definition) is 3. The van der Waals surface area contributed by atoms with Crippen molar-refractivity contribution in [2.45, 2.75) is 31.5 Å². The summed E-state index contributed by atoms with van der Waals surface area (Å²) < 4.78 is 31.7. The number of likely N-dealkylation sites (tertiary alicyclic amines) is 1. The Labute approximate surface area is 189 Å². The van der Waals surface area contributed by atoms with Gasteiger partial charge in [0.15, 0.2) is 0 Å². The fourth-order valence-electron chi connectivity index (χ4n) is 3.89. The van der Waals surface area contributed by atoms with E-state index in [4.69, 9.17) is 15.6 Å². The van der Waals surface area contributed by atoms with Crippen LogP contribution in [0.5, 0.6) is 0 Å². The Morgan fingerprint density at radius 3 is 2.18 bits per heavy atom. The molecule has 0 radical (unpaired) electrons. The summed E-state index contributed by atoms with van der Waals surface area (Å²) in [6.07, 6.45) is -3.07. The first-order chi connectivity index (χ1) is 15.7.